The summed E-state index contributed by atoms with van der Waals surface area (Å²) in [5.74, 6) is -10.3. The van der Waals surface area contributed by atoms with E-state index in [1.807, 2.05) is 0 Å². The van der Waals surface area contributed by atoms with E-state index in [1.165, 1.54) is 19.1 Å². The molecule has 4 rings (SSSR count). The normalized spacial score (nSPS) is 21.9. The van der Waals surface area contributed by atoms with Crippen LogP contribution in [0.4, 0.5) is 23.2 Å². The van der Waals surface area contributed by atoms with Gasteiger partial charge in [-0.1, -0.05) is 0 Å². The fourth-order valence-electron chi connectivity index (χ4n) is 4.82. The Morgan fingerprint density at radius 2 is 1.62 bits per heavy atom. The number of anilines is 1. The molecule has 2 N–H and O–H groups in total. The van der Waals surface area contributed by atoms with Gasteiger partial charge in [-0.15, -0.1) is 0 Å². The molecule has 0 saturated carbocycles. The molecule has 2 bridgehead atoms. The molecular weight excluding hydrogens is 456 g/mol. The number of alkyl halides is 2. The van der Waals surface area contributed by atoms with Gasteiger partial charge >= 0.3 is 11.9 Å². The number of piperidine rings is 1. The highest BCUT2D eigenvalue weighted by Crippen LogP contribution is 2.43. The van der Waals surface area contributed by atoms with Crippen LogP contribution in [0.15, 0.2) is 36.4 Å². The zero-order valence-electron chi connectivity index (χ0n) is 18.2. The number of aryl methyl sites for hydroxylation is 1. The van der Waals surface area contributed by atoms with E-state index in [1.54, 1.807) is 0 Å². The molecule has 0 aromatic heterocycles. The van der Waals surface area contributed by atoms with Crippen LogP contribution in [0, 0.1) is 24.5 Å². The van der Waals surface area contributed by atoms with E-state index in [4.69, 9.17) is 0 Å². The van der Waals surface area contributed by atoms with Gasteiger partial charge in [-0.2, -0.15) is 8.78 Å². The van der Waals surface area contributed by atoms with Crippen LogP contribution >= 0.6 is 0 Å². The van der Waals surface area contributed by atoms with Crippen molar-refractivity contribution >= 4 is 23.5 Å². The highest BCUT2D eigenvalue weighted by molar-refractivity contribution is 6.04. The molecule has 2 aliphatic rings. The van der Waals surface area contributed by atoms with Gasteiger partial charge in [0, 0.05) is 23.3 Å². The smallest absolute Gasteiger partial charge is 0.352 e. The molecule has 2 amide bonds. The lowest BCUT2D eigenvalue weighted by Gasteiger charge is -2.39. The molecule has 0 radical (unpaired) electrons. The fraction of sp³-hybridized carbons (Fsp3) is 0.375. The van der Waals surface area contributed by atoms with Crippen LogP contribution in [-0.2, 0) is 15.5 Å². The lowest BCUT2D eigenvalue weighted by molar-refractivity contribution is -0.167. The summed E-state index contributed by atoms with van der Waals surface area (Å²) in [4.78, 5) is 37.8. The van der Waals surface area contributed by atoms with E-state index in [0.29, 0.717) is 25.0 Å². The zero-order valence-corrected chi connectivity index (χ0v) is 18.2. The van der Waals surface area contributed by atoms with Crippen molar-refractivity contribution < 1.29 is 37.1 Å². The number of halogens is 4. The number of carboxylic acids is 1. The molecule has 2 fully saturated rings. The van der Waals surface area contributed by atoms with E-state index < -0.39 is 58.9 Å². The minimum atomic E-state index is -4.26. The number of nitrogens with zero attached hydrogens (tertiary/aromatic N) is 1. The Morgan fingerprint density at radius 3 is 2.21 bits per heavy atom. The predicted molar refractivity (Wildman–Crippen MR) is 113 cm³/mol. The second kappa shape index (κ2) is 8.73. The number of rotatable bonds is 5. The Balaban J connectivity index is 1.58. The molecule has 6 nitrogen and oxygen atoms in total. The Hall–Kier alpha value is -3.43. The van der Waals surface area contributed by atoms with Gasteiger partial charge in [0.05, 0.1) is 11.5 Å². The van der Waals surface area contributed by atoms with Gasteiger partial charge in [-0.25, -0.2) is 8.78 Å². The van der Waals surface area contributed by atoms with Gasteiger partial charge in [0.2, 0.25) is 0 Å². The first-order chi connectivity index (χ1) is 16.0. The monoisotopic (exact) mass is 478 g/mol. The number of carboxylic acid groups (broad SMARTS) is 1. The lowest BCUT2D eigenvalue weighted by atomic mass is 9.90. The molecule has 10 heteroatoms. The lowest BCUT2D eigenvalue weighted by Crippen LogP contribution is -2.52. The summed E-state index contributed by atoms with van der Waals surface area (Å²) >= 11 is 0. The molecule has 180 valence electrons. The quantitative estimate of drug-likeness (QED) is 0.621. The first-order valence-corrected chi connectivity index (χ1v) is 10.8. The summed E-state index contributed by atoms with van der Waals surface area (Å²) in [6, 6.07) is 4.79. The summed E-state index contributed by atoms with van der Waals surface area (Å²) in [6.45, 7) is 1.49. The number of fused-ring (bicyclic) bond motifs is 2. The maximum absolute atomic E-state index is 15.3. The van der Waals surface area contributed by atoms with Crippen molar-refractivity contribution in [3.8, 4) is 0 Å². The number of carbonyl (C=O) groups excluding carboxylic acids is 2. The van der Waals surface area contributed by atoms with E-state index in [-0.39, 0.29) is 29.7 Å². The van der Waals surface area contributed by atoms with Crippen LogP contribution in [-0.4, -0.2) is 39.9 Å². The Labute approximate surface area is 192 Å². The van der Waals surface area contributed by atoms with Crippen molar-refractivity contribution in [2.24, 2.45) is 5.92 Å². The summed E-state index contributed by atoms with van der Waals surface area (Å²) in [5.41, 5.74) is -1.06. The van der Waals surface area contributed by atoms with Crippen molar-refractivity contribution in [3.63, 3.8) is 0 Å². The minimum absolute atomic E-state index is 0.0651. The minimum Gasteiger partial charge on any atom is -0.481 e. The molecule has 34 heavy (non-hydrogen) atoms. The summed E-state index contributed by atoms with van der Waals surface area (Å²) in [6.07, 6.45) is 0.932. The average molecular weight is 478 g/mol. The van der Waals surface area contributed by atoms with Crippen LogP contribution < -0.4 is 5.32 Å². The van der Waals surface area contributed by atoms with Gasteiger partial charge in [-0.3, -0.25) is 14.4 Å². The highest BCUT2D eigenvalue weighted by atomic mass is 19.3. The van der Waals surface area contributed by atoms with Crippen LogP contribution in [0.5, 0.6) is 0 Å². The van der Waals surface area contributed by atoms with Crippen molar-refractivity contribution in [1.82, 2.24) is 4.90 Å². The van der Waals surface area contributed by atoms with Gasteiger partial charge in [0.15, 0.2) is 0 Å². The maximum Gasteiger partial charge on any atom is 0.352 e. The third-order valence-electron chi connectivity index (χ3n) is 6.57. The van der Waals surface area contributed by atoms with E-state index in [9.17, 15) is 28.3 Å². The van der Waals surface area contributed by atoms with E-state index >= 15 is 8.78 Å². The molecule has 0 spiro atoms. The molecular formula is C24H22F4N2O4. The molecule has 3 atom stereocenters. The Bertz CT molecular complexity index is 1160. The summed E-state index contributed by atoms with van der Waals surface area (Å²) in [7, 11) is 0. The third-order valence-corrected chi connectivity index (χ3v) is 6.57. The average Bonchev–Trinajstić information content (AvgIpc) is 3.04. The fourth-order valence-corrected chi connectivity index (χ4v) is 4.82. The van der Waals surface area contributed by atoms with Gasteiger partial charge in [-0.05, 0) is 74.6 Å². The molecule has 0 aliphatic carbocycles. The van der Waals surface area contributed by atoms with E-state index in [0.717, 1.165) is 17.0 Å². The van der Waals surface area contributed by atoms with Crippen molar-refractivity contribution in [2.75, 3.05) is 5.32 Å². The molecule has 2 saturated heterocycles. The van der Waals surface area contributed by atoms with Crippen molar-refractivity contribution in [2.45, 2.75) is 50.6 Å². The number of carbonyl (C=O) groups is 3. The van der Waals surface area contributed by atoms with Crippen LogP contribution in [0.25, 0.3) is 0 Å². The molecule has 2 aliphatic heterocycles. The van der Waals surface area contributed by atoms with Crippen LogP contribution in [0.1, 0.15) is 47.2 Å². The number of hydrogen-bond acceptors (Lipinski definition) is 3. The number of benzene rings is 2. The molecule has 2 heterocycles. The highest BCUT2D eigenvalue weighted by Gasteiger charge is 2.54. The third kappa shape index (κ3) is 4.24. The second-order valence-electron chi connectivity index (χ2n) is 8.79. The largest absolute Gasteiger partial charge is 0.481 e. The van der Waals surface area contributed by atoms with E-state index in [2.05, 4.69) is 5.32 Å². The Morgan fingerprint density at radius 1 is 1.00 bits per heavy atom. The number of amides is 2. The van der Waals surface area contributed by atoms with Gasteiger partial charge in [0.25, 0.3) is 11.8 Å². The summed E-state index contributed by atoms with van der Waals surface area (Å²) < 4.78 is 58.4. The van der Waals surface area contributed by atoms with Crippen molar-refractivity contribution in [1.29, 1.82) is 0 Å². The first-order valence-electron chi connectivity index (χ1n) is 10.8. The topological polar surface area (TPSA) is 86.7 Å². The SMILES string of the molecule is Cc1cc(NC(=O)c2ccc(F)c(C(F)(F)C(=O)N3[C@@H]4CC[C@H]3C[C@H](C(=O)O)C4)c2)ccc1F. The second-order valence-corrected chi connectivity index (χ2v) is 8.79. The van der Waals surface area contributed by atoms with Gasteiger partial charge in [0.1, 0.15) is 11.6 Å². The van der Waals surface area contributed by atoms with Crippen molar-refractivity contribution in [3.05, 3.63) is 64.7 Å². The summed E-state index contributed by atoms with van der Waals surface area (Å²) in [5, 5.41) is 11.7. The zero-order chi connectivity index (χ0) is 24.8. The van der Waals surface area contributed by atoms with Crippen LogP contribution in [0.2, 0.25) is 0 Å². The number of aliphatic carboxylic acids is 1. The standard InChI is InChI=1S/C24H22F4N2O4/c1-12-8-15(3-7-19(12)25)29-21(31)13-2-6-20(26)18(11-13)24(27,28)23(34)30-16-4-5-17(30)10-14(9-16)22(32)33/h2-3,6-8,11,14,16-17H,4-5,9-10H2,1H3,(H,29,31)(H,32,33)/t14-,16-,17+. The predicted octanol–water partition coefficient (Wildman–Crippen LogP) is 4.47. The maximum atomic E-state index is 15.3. The van der Waals surface area contributed by atoms with Crippen LogP contribution in [0.3, 0.4) is 0 Å². The van der Waals surface area contributed by atoms with Gasteiger partial charge < -0.3 is 15.3 Å². The molecule has 0 unspecified atom stereocenters. The molecule has 2 aromatic carbocycles. The Kier molecular flexibility index (Phi) is 6.09. The number of nitrogens with one attached hydrogen (secondary N) is 1. The number of hydrogen-bond donors (Lipinski definition) is 2. The molecule has 2 aromatic rings. The first kappa shape index (κ1) is 23.7.